The monoisotopic (exact) mass is 372 g/mol. The number of carbonyl (C=O) groups is 1. The van der Waals surface area contributed by atoms with Crippen molar-refractivity contribution >= 4 is 38.6 Å². The molecule has 8 nitrogen and oxygen atoms in total. The number of fused-ring (bicyclic) bond motifs is 1. The maximum atomic E-state index is 11.1. The zero-order valence-corrected chi connectivity index (χ0v) is 15.5. The van der Waals surface area contributed by atoms with Crippen LogP contribution in [0.25, 0.3) is 11.1 Å². The first-order valence-electron chi connectivity index (χ1n) is 8.54. The molecular weight excluding hydrogens is 352 g/mol. The Morgan fingerprint density at radius 3 is 2.81 bits per heavy atom. The molecule has 1 amide bonds. The SMILES string of the molecule is CC(=O)Nc1nnc(N2CCN(C(C)c3ccc4ccoc4n3)CC2)s1. The third-order valence-corrected chi connectivity index (χ3v) is 5.50. The zero-order chi connectivity index (χ0) is 18.1. The normalized spacial score (nSPS) is 16.8. The summed E-state index contributed by atoms with van der Waals surface area (Å²) in [5, 5.41) is 13.3. The van der Waals surface area contributed by atoms with E-state index in [0.717, 1.165) is 42.4 Å². The fourth-order valence-corrected chi connectivity index (χ4v) is 3.97. The number of piperazine rings is 1. The van der Waals surface area contributed by atoms with Crippen LogP contribution in [0.3, 0.4) is 0 Å². The van der Waals surface area contributed by atoms with Crippen LogP contribution in [-0.2, 0) is 4.79 Å². The van der Waals surface area contributed by atoms with Gasteiger partial charge in [0.25, 0.3) is 0 Å². The maximum absolute atomic E-state index is 11.1. The van der Waals surface area contributed by atoms with Crippen molar-refractivity contribution in [1.29, 1.82) is 0 Å². The number of nitrogens with one attached hydrogen (secondary N) is 1. The third kappa shape index (κ3) is 3.40. The van der Waals surface area contributed by atoms with Gasteiger partial charge >= 0.3 is 0 Å². The number of anilines is 2. The van der Waals surface area contributed by atoms with Gasteiger partial charge in [0.2, 0.25) is 21.9 Å². The Kier molecular flexibility index (Phi) is 4.56. The molecule has 0 aliphatic carbocycles. The molecule has 0 radical (unpaired) electrons. The lowest BCUT2D eigenvalue weighted by molar-refractivity contribution is -0.114. The van der Waals surface area contributed by atoms with E-state index in [-0.39, 0.29) is 11.9 Å². The summed E-state index contributed by atoms with van der Waals surface area (Å²) < 4.78 is 5.42. The van der Waals surface area contributed by atoms with Gasteiger partial charge in [-0.15, -0.1) is 10.2 Å². The second-order valence-corrected chi connectivity index (χ2v) is 7.28. The second-order valence-electron chi connectivity index (χ2n) is 6.32. The molecule has 0 spiro atoms. The molecule has 4 heterocycles. The second kappa shape index (κ2) is 7.00. The van der Waals surface area contributed by atoms with Crippen LogP contribution < -0.4 is 10.2 Å². The molecule has 1 aliphatic rings. The summed E-state index contributed by atoms with van der Waals surface area (Å²) in [5.74, 6) is -0.132. The number of amides is 1. The average molecular weight is 372 g/mol. The van der Waals surface area contributed by atoms with Crippen molar-refractivity contribution in [2.75, 3.05) is 36.4 Å². The Labute approximate surface area is 154 Å². The van der Waals surface area contributed by atoms with E-state index in [4.69, 9.17) is 4.42 Å². The summed E-state index contributed by atoms with van der Waals surface area (Å²) in [6, 6.07) is 6.27. The first kappa shape index (κ1) is 16.9. The van der Waals surface area contributed by atoms with Gasteiger partial charge in [-0.25, -0.2) is 4.98 Å². The van der Waals surface area contributed by atoms with Crippen molar-refractivity contribution in [3.63, 3.8) is 0 Å². The number of carbonyl (C=O) groups excluding carboxylic acids is 1. The Hall–Kier alpha value is -2.52. The fraction of sp³-hybridized carbons (Fsp3) is 0.412. The smallest absolute Gasteiger partial charge is 0.226 e. The molecule has 1 unspecified atom stereocenters. The van der Waals surface area contributed by atoms with Crippen LogP contribution in [-0.4, -0.2) is 52.2 Å². The van der Waals surface area contributed by atoms with Crippen LogP contribution in [0.15, 0.2) is 28.9 Å². The molecule has 9 heteroatoms. The molecular formula is C17H20N6O2S. The minimum Gasteiger partial charge on any atom is -0.446 e. The van der Waals surface area contributed by atoms with Crippen LogP contribution in [0.1, 0.15) is 25.6 Å². The summed E-state index contributed by atoms with van der Waals surface area (Å²) in [5.41, 5.74) is 1.71. The highest BCUT2D eigenvalue weighted by Crippen LogP contribution is 2.27. The van der Waals surface area contributed by atoms with E-state index in [1.54, 1.807) is 6.26 Å². The highest BCUT2D eigenvalue weighted by molar-refractivity contribution is 7.19. The van der Waals surface area contributed by atoms with Crippen LogP contribution in [0.5, 0.6) is 0 Å². The molecule has 1 atom stereocenters. The first-order valence-corrected chi connectivity index (χ1v) is 9.36. The lowest BCUT2D eigenvalue weighted by atomic mass is 10.1. The van der Waals surface area contributed by atoms with E-state index < -0.39 is 0 Å². The molecule has 26 heavy (non-hydrogen) atoms. The van der Waals surface area contributed by atoms with Crippen molar-refractivity contribution in [1.82, 2.24) is 20.1 Å². The van der Waals surface area contributed by atoms with Gasteiger partial charge in [-0.05, 0) is 25.1 Å². The number of aromatic nitrogens is 3. The summed E-state index contributed by atoms with van der Waals surface area (Å²) in [6.45, 7) is 7.19. The molecule has 136 valence electrons. The predicted molar refractivity (Wildman–Crippen MR) is 100 cm³/mol. The van der Waals surface area contributed by atoms with E-state index >= 15 is 0 Å². The maximum Gasteiger partial charge on any atom is 0.226 e. The topological polar surface area (TPSA) is 87.4 Å². The minimum atomic E-state index is -0.132. The lowest BCUT2D eigenvalue weighted by Crippen LogP contribution is -2.47. The molecule has 1 saturated heterocycles. The molecule has 1 N–H and O–H groups in total. The zero-order valence-electron chi connectivity index (χ0n) is 14.7. The fourth-order valence-electron chi connectivity index (χ4n) is 3.12. The van der Waals surface area contributed by atoms with E-state index in [1.807, 2.05) is 6.07 Å². The van der Waals surface area contributed by atoms with Crippen molar-refractivity contribution < 1.29 is 9.21 Å². The van der Waals surface area contributed by atoms with Gasteiger partial charge in [-0.1, -0.05) is 11.3 Å². The number of nitrogens with zero attached hydrogens (tertiary/aromatic N) is 5. The molecule has 3 aromatic rings. The van der Waals surface area contributed by atoms with Gasteiger partial charge in [-0.3, -0.25) is 9.69 Å². The number of hydrogen-bond acceptors (Lipinski definition) is 8. The van der Waals surface area contributed by atoms with Crippen LogP contribution >= 0.6 is 11.3 Å². The predicted octanol–water partition coefficient (Wildman–Crippen LogP) is 2.52. The standard InChI is InChI=1S/C17H20N6O2S/c1-11(14-4-3-13-5-10-25-15(13)19-14)22-6-8-23(9-7-22)17-21-20-16(26-17)18-12(2)24/h3-5,10-11H,6-9H2,1-2H3,(H,18,20,24). The van der Waals surface area contributed by atoms with E-state index in [0.29, 0.717) is 10.8 Å². The number of pyridine rings is 1. The van der Waals surface area contributed by atoms with Crippen molar-refractivity contribution in [2.24, 2.45) is 0 Å². The molecule has 3 aromatic heterocycles. The number of hydrogen-bond donors (Lipinski definition) is 1. The molecule has 4 rings (SSSR count). The summed E-state index contributed by atoms with van der Waals surface area (Å²) in [4.78, 5) is 20.4. The summed E-state index contributed by atoms with van der Waals surface area (Å²) in [6.07, 6.45) is 1.67. The molecule has 0 bridgehead atoms. The molecule has 0 saturated carbocycles. The number of rotatable bonds is 4. The number of furan rings is 1. The van der Waals surface area contributed by atoms with Gasteiger partial charge in [0.15, 0.2) is 0 Å². The van der Waals surface area contributed by atoms with E-state index in [2.05, 4.69) is 49.4 Å². The Morgan fingerprint density at radius 1 is 1.23 bits per heavy atom. The van der Waals surface area contributed by atoms with Crippen LogP contribution in [0, 0.1) is 0 Å². The quantitative estimate of drug-likeness (QED) is 0.753. The van der Waals surface area contributed by atoms with Gasteiger partial charge in [0.1, 0.15) is 0 Å². The van der Waals surface area contributed by atoms with E-state index in [9.17, 15) is 4.79 Å². The average Bonchev–Trinajstić information content (AvgIpc) is 3.29. The van der Waals surface area contributed by atoms with E-state index in [1.165, 1.54) is 18.3 Å². The largest absolute Gasteiger partial charge is 0.446 e. The van der Waals surface area contributed by atoms with Crippen molar-refractivity contribution in [3.8, 4) is 0 Å². The summed E-state index contributed by atoms with van der Waals surface area (Å²) >= 11 is 1.40. The highest BCUT2D eigenvalue weighted by Gasteiger charge is 2.25. The summed E-state index contributed by atoms with van der Waals surface area (Å²) in [7, 11) is 0. The Bertz CT molecular complexity index is 915. The van der Waals surface area contributed by atoms with Crippen LogP contribution in [0.4, 0.5) is 10.3 Å². The molecule has 1 fully saturated rings. The van der Waals surface area contributed by atoms with Crippen molar-refractivity contribution in [3.05, 3.63) is 30.2 Å². The van der Waals surface area contributed by atoms with Gasteiger partial charge in [-0.2, -0.15) is 0 Å². The third-order valence-electron chi connectivity index (χ3n) is 4.60. The molecule has 0 aromatic carbocycles. The first-order chi connectivity index (χ1) is 12.6. The Balaban J connectivity index is 1.39. The highest BCUT2D eigenvalue weighted by atomic mass is 32.1. The van der Waals surface area contributed by atoms with Crippen LogP contribution in [0.2, 0.25) is 0 Å². The molecule has 1 aliphatic heterocycles. The lowest BCUT2D eigenvalue weighted by Gasteiger charge is -2.37. The van der Waals surface area contributed by atoms with Crippen molar-refractivity contribution in [2.45, 2.75) is 19.9 Å². The van der Waals surface area contributed by atoms with Gasteiger partial charge in [0, 0.05) is 44.5 Å². The Morgan fingerprint density at radius 2 is 2.04 bits per heavy atom. The van der Waals surface area contributed by atoms with Gasteiger partial charge < -0.3 is 14.6 Å². The minimum absolute atomic E-state index is 0.132. The van der Waals surface area contributed by atoms with Gasteiger partial charge in [0.05, 0.1) is 12.0 Å².